The van der Waals surface area contributed by atoms with Crippen LogP contribution in [0.15, 0.2) is 60.0 Å². The average Bonchev–Trinajstić information content (AvgIpc) is 3.22. The molecule has 0 unspecified atom stereocenters. The van der Waals surface area contributed by atoms with Crippen LogP contribution < -0.4 is 15.6 Å². The number of hydrogen-bond donors (Lipinski definition) is 2. The number of benzene rings is 2. The van der Waals surface area contributed by atoms with E-state index in [1.165, 1.54) is 11.8 Å². The summed E-state index contributed by atoms with van der Waals surface area (Å²) in [5.74, 6) is -0.252. The van der Waals surface area contributed by atoms with Crippen LogP contribution in [0.1, 0.15) is 21.5 Å². The van der Waals surface area contributed by atoms with Gasteiger partial charge in [-0.15, -0.1) is 0 Å². The Morgan fingerprint density at radius 3 is 2.52 bits per heavy atom. The SMILES string of the molecule is CSc1nccn1-c1ccc(C(=O)NNC(=O)COc2ccc(C)c(C)c2)cc1. The van der Waals surface area contributed by atoms with Crippen LogP contribution in [-0.2, 0) is 4.79 Å². The average molecular weight is 410 g/mol. The Balaban J connectivity index is 1.51. The van der Waals surface area contributed by atoms with Crippen molar-refractivity contribution in [3.05, 3.63) is 71.5 Å². The highest BCUT2D eigenvalue weighted by molar-refractivity contribution is 7.98. The lowest BCUT2D eigenvalue weighted by Gasteiger charge is -2.10. The van der Waals surface area contributed by atoms with E-state index in [0.29, 0.717) is 11.3 Å². The molecule has 0 saturated carbocycles. The minimum atomic E-state index is -0.448. The van der Waals surface area contributed by atoms with Crippen molar-refractivity contribution in [3.8, 4) is 11.4 Å². The van der Waals surface area contributed by atoms with E-state index in [1.54, 1.807) is 24.4 Å². The van der Waals surface area contributed by atoms with Gasteiger partial charge in [-0.1, -0.05) is 17.8 Å². The molecule has 0 aliphatic rings. The minimum absolute atomic E-state index is 0.195. The summed E-state index contributed by atoms with van der Waals surface area (Å²) in [6.45, 7) is 3.78. The third-order valence-electron chi connectivity index (χ3n) is 4.36. The molecule has 0 aliphatic heterocycles. The number of imidazole rings is 1. The highest BCUT2D eigenvalue weighted by Crippen LogP contribution is 2.18. The lowest BCUT2D eigenvalue weighted by atomic mass is 10.1. The van der Waals surface area contributed by atoms with Gasteiger partial charge in [0.25, 0.3) is 11.8 Å². The van der Waals surface area contributed by atoms with Gasteiger partial charge >= 0.3 is 0 Å². The van der Waals surface area contributed by atoms with Gasteiger partial charge in [0.1, 0.15) is 5.75 Å². The zero-order valence-electron chi connectivity index (χ0n) is 16.4. The molecule has 150 valence electrons. The molecule has 2 amide bonds. The van der Waals surface area contributed by atoms with Crippen molar-refractivity contribution < 1.29 is 14.3 Å². The topological polar surface area (TPSA) is 85.3 Å². The van der Waals surface area contributed by atoms with Crippen LogP contribution in [0, 0.1) is 13.8 Å². The van der Waals surface area contributed by atoms with Crippen molar-refractivity contribution in [2.24, 2.45) is 0 Å². The van der Waals surface area contributed by atoms with E-state index in [1.807, 2.05) is 55.1 Å². The van der Waals surface area contributed by atoms with Crippen LogP contribution in [0.5, 0.6) is 5.75 Å². The second kappa shape index (κ2) is 9.29. The number of carbonyl (C=O) groups is 2. The van der Waals surface area contributed by atoms with Crippen molar-refractivity contribution in [1.82, 2.24) is 20.4 Å². The second-order valence-corrected chi connectivity index (χ2v) is 7.14. The van der Waals surface area contributed by atoms with E-state index in [2.05, 4.69) is 15.8 Å². The second-order valence-electron chi connectivity index (χ2n) is 6.37. The molecule has 8 heteroatoms. The molecule has 0 radical (unpaired) electrons. The third kappa shape index (κ3) is 5.17. The number of amides is 2. The predicted octanol–water partition coefficient (Wildman–Crippen LogP) is 3.05. The summed E-state index contributed by atoms with van der Waals surface area (Å²) < 4.78 is 7.38. The van der Waals surface area contributed by atoms with E-state index in [0.717, 1.165) is 22.0 Å². The smallest absolute Gasteiger partial charge is 0.276 e. The van der Waals surface area contributed by atoms with Crippen molar-refractivity contribution in [2.45, 2.75) is 19.0 Å². The molecule has 3 rings (SSSR count). The van der Waals surface area contributed by atoms with E-state index in [9.17, 15) is 9.59 Å². The predicted molar refractivity (Wildman–Crippen MR) is 112 cm³/mol. The van der Waals surface area contributed by atoms with Crippen LogP contribution in [0.3, 0.4) is 0 Å². The lowest BCUT2D eigenvalue weighted by molar-refractivity contribution is -0.123. The molecule has 0 fully saturated rings. The number of nitrogens with zero attached hydrogens (tertiary/aromatic N) is 2. The standard InChI is InChI=1S/C21H22N4O3S/c1-14-4-9-18(12-15(14)2)28-13-19(26)23-24-20(27)16-5-7-17(8-6-16)25-11-10-22-21(25)29-3/h4-12H,13H2,1-3H3,(H,23,26)(H,24,27). The van der Waals surface area contributed by atoms with Gasteiger partial charge in [-0.3, -0.25) is 25.0 Å². The number of nitrogens with one attached hydrogen (secondary N) is 2. The number of rotatable bonds is 6. The first kappa shape index (κ1) is 20.5. The molecule has 2 N–H and O–H groups in total. The van der Waals surface area contributed by atoms with E-state index >= 15 is 0 Å². The number of aryl methyl sites for hydroxylation is 2. The van der Waals surface area contributed by atoms with Gasteiger partial charge in [0, 0.05) is 23.6 Å². The number of hydrogen-bond acceptors (Lipinski definition) is 5. The first-order valence-electron chi connectivity index (χ1n) is 8.95. The summed E-state index contributed by atoms with van der Waals surface area (Å²) in [5.41, 5.74) is 8.30. The zero-order chi connectivity index (χ0) is 20.8. The van der Waals surface area contributed by atoms with Gasteiger partial charge in [-0.25, -0.2) is 4.98 Å². The maximum absolute atomic E-state index is 12.2. The van der Waals surface area contributed by atoms with Gasteiger partial charge in [0.2, 0.25) is 0 Å². The summed E-state index contributed by atoms with van der Waals surface area (Å²) in [5, 5.41) is 0.859. The van der Waals surface area contributed by atoms with Gasteiger partial charge in [0.05, 0.1) is 0 Å². The number of carbonyl (C=O) groups excluding carboxylic acids is 2. The van der Waals surface area contributed by atoms with Crippen LogP contribution in [0.2, 0.25) is 0 Å². The Morgan fingerprint density at radius 2 is 1.83 bits per heavy atom. The van der Waals surface area contributed by atoms with Gasteiger partial charge in [-0.2, -0.15) is 0 Å². The fourth-order valence-electron chi connectivity index (χ4n) is 2.60. The number of ether oxygens (including phenoxy) is 1. The summed E-state index contributed by atoms with van der Waals surface area (Å²) in [6.07, 6.45) is 5.53. The third-order valence-corrected chi connectivity index (χ3v) is 5.03. The molecule has 0 aliphatic carbocycles. The molecule has 0 bridgehead atoms. The van der Waals surface area contributed by atoms with Crippen molar-refractivity contribution >= 4 is 23.6 Å². The Labute approximate surface area is 173 Å². The normalized spacial score (nSPS) is 10.4. The van der Waals surface area contributed by atoms with Crippen LogP contribution in [0.25, 0.3) is 5.69 Å². The van der Waals surface area contributed by atoms with E-state index in [4.69, 9.17) is 4.74 Å². The lowest BCUT2D eigenvalue weighted by Crippen LogP contribution is -2.43. The monoisotopic (exact) mass is 410 g/mol. The van der Waals surface area contributed by atoms with Crippen LogP contribution in [-0.4, -0.2) is 34.2 Å². The van der Waals surface area contributed by atoms with Gasteiger partial charge < -0.3 is 4.74 Å². The molecular formula is C21H22N4O3S. The van der Waals surface area contributed by atoms with Crippen LogP contribution in [0.4, 0.5) is 0 Å². The Morgan fingerprint density at radius 1 is 1.07 bits per heavy atom. The largest absolute Gasteiger partial charge is 0.484 e. The summed E-state index contributed by atoms with van der Waals surface area (Å²) in [7, 11) is 0. The number of aromatic nitrogens is 2. The van der Waals surface area contributed by atoms with Gasteiger partial charge in [0.15, 0.2) is 11.8 Å². The Bertz CT molecular complexity index is 1020. The molecular weight excluding hydrogens is 388 g/mol. The first-order valence-corrected chi connectivity index (χ1v) is 10.2. The van der Waals surface area contributed by atoms with Gasteiger partial charge in [-0.05, 0) is 67.6 Å². The maximum atomic E-state index is 12.2. The molecule has 2 aromatic carbocycles. The molecule has 1 heterocycles. The molecule has 0 spiro atoms. The summed E-state index contributed by atoms with van der Waals surface area (Å²) in [4.78, 5) is 28.4. The quantitative estimate of drug-likeness (QED) is 0.482. The molecule has 7 nitrogen and oxygen atoms in total. The first-order chi connectivity index (χ1) is 14.0. The van der Waals surface area contributed by atoms with Crippen LogP contribution >= 0.6 is 11.8 Å². The summed E-state index contributed by atoms with van der Waals surface area (Å²) in [6, 6.07) is 12.6. The highest BCUT2D eigenvalue weighted by atomic mass is 32.2. The fourth-order valence-corrected chi connectivity index (χ4v) is 3.13. The maximum Gasteiger partial charge on any atom is 0.276 e. The highest BCUT2D eigenvalue weighted by Gasteiger charge is 2.10. The summed E-state index contributed by atoms with van der Waals surface area (Å²) >= 11 is 1.54. The number of hydrazine groups is 1. The fraction of sp³-hybridized carbons (Fsp3) is 0.190. The van der Waals surface area contributed by atoms with Crippen molar-refractivity contribution in [2.75, 3.05) is 12.9 Å². The number of thioether (sulfide) groups is 1. The molecule has 29 heavy (non-hydrogen) atoms. The molecule has 1 aromatic heterocycles. The molecule has 0 saturated heterocycles. The van der Waals surface area contributed by atoms with Crippen molar-refractivity contribution in [1.29, 1.82) is 0 Å². The molecule has 3 aromatic rings. The zero-order valence-corrected chi connectivity index (χ0v) is 17.2. The van der Waals surface area contributed by atoms with E-state index < -0.39 is 11.8 Å². The molecule has 0 atom stereocenters. The Hall–Kier alpha value is -3.26. The Kier molecular flexibility index (Phi) is 6.56. The van der Waals surface area contributed by atoms with Crippen molar-refractivity contribution in [3.63, 3.8) is 0 Å². The van der Waals surface area contributed by atoms with E-state index in [-0.39, 0.29) is 6.61 Å². The minimum Gasteiger partial charge on any atom is -0.484 e.